The molecule has 0 aromatic carbocycles. The molecule has 104 valence electrons. The van der Waals surface area contributed by atoms with Crippen LogP contribution >= 0.6 is 0 Å². The van der Waals surface area contributed by atoms with Gasteiger partial charge in [0.2, 0.25) is 0 Å². The van der Waals surface area contributed by atoms with E-state index in [1.165, 1.54) is 13.1 Å². The molecular weight excluding hydrogens is 250 g/mol. The summed E-state index contributed by atoms with van der Waals surface area (Å²) in [5.41, 5.74) is 0. The Labute approximate surface area is 118 Å². The van der Waals surface area contributed by atoms with E-state index in [-0.39, 0.29) is 0 Å². The van der Waals surface area contributed by atoms with E-state index in [9.17, 15) is 0 Å². The molecule has 20 heavy (non-hydrogen) atoms. The molecule has 0 aliphatic carbocycles. The van der Waals surface area contributed by atoms with E-state index < -0.39 is 0 Å². The zero-order valence-corrected chi connectivity index (χ0v) is 11.7. The summed E-state index contributed by atoms with van der Waals surface area (Å²) in [6, 6.07) is 6.22. The zero-order valence-electron chi connectivity index (χ0n) is 11.7. The van der Waals surface area contributed by atoms with E-state index in [1.54, 1.807) is 12.5 Å². The van der Waals surface area contributed by atoms with Crippen molar-refractivity contribution in [2.24, 2.45) is 11.8 Å². The molecule has 4 rings (SSSR count). The lowest BCUT2D eigenvalue weighted by molar-refractivity contribution is 0.387. The van der Waals surface area contributed by atoms with Crippen LogP contribution in [0.5, 0.6) is 0 Å². The van der Waals surface area contributed by atoms with Crippen molar-refractivity contribution in [2.75, 3.05) is 38.1 Å². The molecule has 2 fully saturated rings. The molecule has 5 heteroatoms. The van der Waals surface area contributed by atoms with Crippen LogP contribution < -0.4 is 4.90 Å². The van der Waals surface area contributed by atoms with E-state index in [0.29, 0.717) is 0 Å². The Hall–Kier alpha value is -1.88. The van der Waals surface area contributed by atoms with Crippen molar-refractivity contribution < 1.29 is 0 Å². The molecule has 2 atom stereocenters. The second-order valence-corrected chi connectivity index (χ2v) is 5.97. The van der Waals surface area contributed by atoms with E-state index in [2.05, 4.69) is 34.0 Å². The molecule has 2 aromatic rings. The number of nitrogens with zero attached hydrogens (tertiary/aromatic N) is 5. The lowest BCUT2D eigenvalue weighted by Gasteiger charge is -2.20. The number of hydrogen-bond acceptors (Lipinski definition) is 4. The standard InChI is InChI=1S/C15H19N5/c1-18-7-12-9-20(10-13(12)8-18)15-4-2-3-14(17-15)19-6-5-16-11-19/h2-6,11-13H,7-10H2,1H3/t12-,13+. The summed E-state index contributed by atoms with van der Waals surface area (Å²) in [7, 11) is 2.22. The molecule has 0 amide bonds. The molecule has 4 heterocycles. The van der Waals surface area contributed by atoms with Crippen molar-refractivity contribution in [1.82, 2.24) is 19.4 Å². The minimum absolute atomic E-state index is 0.804. The van der Waals surface area contributed by atoms with Crippen molar-refractivity contribution in [3.05, 3.63) is 36.9 Å². The molecule has 0 unspecified atom stereocenters. The third kappa shape index (κ3) is 1.98. The highest BCUT2D eigenvalue weighted by molar-refractivity contribution is 5.44. The highest BCUT2D eigenvalue weighted by atomic mass is 15.3. The Balaban J connectivity index is 1.57. The summed E-state index contributed by atoms with van der Waals surface area (Å²) >= 11 is 0. The molecule has 5 nitrogen and oxygen atoms in total. The van der Waals surface area contributed by atoms with Gasteiger partial charge < -0.3 is 9.80 Å². The number of likely N-dealkylation sites (tertiary alicyclic amines) is 1. The summed E-state index contributed by atoms with van der Waals surface area (Å²) in [4.78, 5) is 13.7. The fourth-order valence-corrected chi connectivity index (χ4v) is 3.54. The van der Waals surface area contributed by atoms with Gasteiger partial charge in [-0.1, -0.05) is 6.07 Å². The maximum atomic E-state index is 4.78. The summed E-state index contributed by atoms with van der Waals surface area (Å²) in [5.74, 6) is 3.64. The van der Waals surface area contributed by atoms with Crippen LogP contribution in [-0.2, 0) is 0 Å². The van der Waals surface area contributed by atoms with Gasteiger partial charge in [0, 0.05) is 38.6 Å². The van der Waals surface area contributed by atoms with Crippen molar-refractivity contribution in [1.29, 1.82) is 0 Å². The number of fused-ring (bicyclic) bond motifs is 1. The molecule has 0 N–H and O–H groups in total. The predicted octanol–water partition coefficient (Wildman–Crippen LogP) is 1.27. The third-order valence-electron chi connectivity index (χ3n) is 4.48. The second kappa shape index (κ2) is 4.59. The molecular formula is C15H19N5. The van der Waals surface area contributed by atoms with Crippen LogP contribution in [0.3, 0.4) is 0 Å². The fourth-order valence-electron chi connectivity index (χ4n) is 3.54. The number of anilines is 1. The largest absolute Gasteiger partial charge is 0.356 e. The van der Waals surface area contributed by atoms with Crippen LogP contribution in [0.15, 0.2) is 36.9 Å². The molecule has 2 aliphatic rings. The first-order valence-corrected chi connectivity index (χ1v) is 7.18. The molecule has 0 radical (unpaired) electrons. The van der Waals surface area contributed by atoms with E-state index in [1.807, 2.05) is 16.8 Å². The van der Waals surface area contributed by atoms with E-state index >= 15 is 0 Å². The average molecular weight is 269 g/mol. The topological polar surface area (TPSA) is 37.2 Å². The van der Waals surface area contributed by atoms with Crippen LogP contribution in [0.25, 0.3) is 5.82 Å². The second-order valence-electron chi connectivity index (χ2n) is 5.97. The zero-order chi connectivity index (χ0) is 13.5. The number of imidazole rings is 1. The Morgan fingerprint density at radius 1 is 1.05 bits per heavy atom. The fraction of sp³-hybridized carbons (Fsp3) is 0.467. The van der Waals surface area contributed by atoms with Crippen molar-refractivity contribution in [3.8, 4) is 5.82 Å². The Kier molecular flexibility index (Phi) is 2.73. The van der Waals surface area contributed by atoms with Crippen molar-refractivity contribution in [3.63, 3.8) is 0 Å². The first-order chi connectivity index (χ1) is 9.79. The Morgan fingerprint density at radius 2 is 1.80 bits per heavy atom. The average Bonchev–Trinajstić information content (AvgIpc) is 3.13. The van der Waals surface area contributed by atoms with Gasteiger partial charge in [0.15, 0.2) is 0 Å². The normalized spacial score (nSPS) is 26.1. The van der Waals surface area contributed by atoms with Gasteiger partial charge in [-0.15, -0.1) is 0 Å². The van der Waals surface area contributed by atoms with Crippen LogP contribution in [0, 0.1) is 11.8 Å². The number of aromatic nitrogens is 3. The third-order valence-corrected chi connectivity index (χ3v) is 4.48. The maximum Gasteiger partial charge on any atom is 0.140 e. The van der Waals surface area contributed by atoms with Crippen molar-refractivity contribution >= 4 is 5.82 Å². The lowest BCUT2D eigenvalue weighted by atomic mass is 10.0. The monoisotopic (exact) mass is 269 g/mol. The highest BCUT2D eigenvalue weighted by Gasteiger charge is 2.39. The summed E-state index contributed by atoms with van der Waals surface area (Å²) in [6.45, 7) is 4.72. The van der Waals surface area contributed by atoms with Crippen molar-refractivity contribution in [2.45, 2.75) is 0 Å². The van der Waals surface area contributed by atoms with Gasteiger partial charge in [-0.25, -0.2) is 9.97 Å². The van der Waals surface area contributed by atoms with E-state index in [4.69, 9.17) is 4.98 Å². The van der Waals surface area contributed by atoms with E-state index in [0.717, 1.165) is 36.6 Å². The summed E-state index contributed by atoms with van der Waals surface area (Å²) in [5, 5.41) is 0. The van der Waals surface area contributed by atoms with Gasteiger partial charge >= 0.3 is 0 Å². The van der Waals surface area contributed by atoms with Gasteiger partial charge in [0.1, 0.15) is 18.0 Å². The lowest BCUT2D eigenvalue weighted by Crippen LogP contribution is -2.27. The number of pyridine rings is 1. The van der Waals surface area contributed by atoms with Gasteiger partial charge in [0.25, 0.3) is 0 Å². The first kappa shape index (κ1) is 11.9. The molecule has 0 bridgehead atoms. The predicted molar refractivity (Wildman–Crippen MR) is 78.0 cm³/mol. The number of hydrogen-bond donors (Lipinski definition) is 0. The Bertz CT molecular complexity index is 580. The SMILES string of the molecule is CN1C[C@@H]2CN(c3cccc(-n4ccnc4)n3)C[C@@H]2C1. The van der Waals surface area contributed by atoms with Gasteiger partial charge in [-0.2, -0.15) is 0 Å². The molecule has 2 aromatic heterocycles. The minimum Gasteiger partial charge on any atom is -0.356 e. The summed E-state index contributed by atoms with van der Waals surface area (Å²) < 4.78 is 1.95. The minimum atomic E-state index is 0.804. The highest BCUT2D eigenvalue weighted by Crippen LogP contribution is 2.32. The van der Waals surface area contributed by atoms with Crippen LogP contribution in [-0.4, -0.2) is 52.7 Å². The smallest absolute Gasteiger partial charge is 0.140 e. The first-order valence-electron chi connectivity index (χ1n) is 7.18. The van der Waals surface area contributed by atoms with Gasteiger partial charge in [0.05, 0.1) is 0 Å². The van der Waals surface area contributed by atoms with Crippen LogP contribution in [0.1, 0.15) is 0 Å². The number of rotatable bonds is 2. The molecule has 2 saturated heterocycles. The Morgan fingerprint density at radius 3 is 2.50 bits per heavy atom. The van der Waals surface area contributed by atoms with Gasteiger partial charge in [-0.05, 0) is 31.0 Å². The molecule has 2 aliphatic heterocycles. The summed E-state index contributed by atoms with van der Waals surface area (Å²) in [6.07, 6.45) is 5.50. The quantitative estimate of drug-likeness (QED) is 0.822. The maximum absolute atomic E-state index is 4.78. The van der Waals surface area contributed by atoms with Gasteiger partial charge in [-0.3, -0.25) is 4.57 Å². The molecule has 0 spiro atoms. The molecule has 0 saturated carbocycles. The van der Waals surface area contributed by atoms with Crippen LogP contribution in [0.4, 0.5) is 5.82 Å². The van der Waals surface area contributed by atoms with Crippen LogP contribution in [0.2, 0.25) is 0 Å².